The number of rotatable bonds is 6. The molecule has 124 valence electrons. The molecule has 0 radical (unpaired) electrons. The number of ether oxygens (including phenoxy) is 1. The molecule has 0 fully saturated rings. The smallest absolute Gasteiger partial charge is 0.374 e. The maximum atomic E-state index is 11.7. The third kappa shape index (κ3) is 3.18. The van der Waals surface area contributed by atoms with E-state index in [1.807, 2.05) is 23.6 Å². The van der Waals surface area contributed by atoms with Gasteiger partial charge in [0.05, 0.1) is 13.4 Å². The summed E-state index contributed by atoms with van der Waals surface area (Å²) in [4.78, 5) is 15.7. The summed E-state index contributed by atoms with van der Waals surface area (Å²) in [6, 6.07) is 5.56. The van der Waals surface area contributed by atoms with Crippen molar-refractivity contribution in [1.82, 2.24) is 19.7 Å². The maximum absolute atomic E-state index is 11.7. The molecule has 0 aliphatic carbocycles. The van der Waals surface area contributed by atoms with Crippen LogP contribution in [0.4, 0.5) is 0 Å². The minimum Gasteiger partial charge on any atom is -0.463 e. The Morgan fingerprint density at radius 1 is 1.29 bits per heavy atom. The van der Waals surface area contributed by atoms with E-state index in [9.17, 15) is 4.79 Å². The molecule has 0 spiro atoms. The van der Waals surface area contributed by atoms with Crippen LogP contribution in [0.3, 0.4) is 0 Å². The molecule has 8 heteroatoms. The summed E-state index contributed by atoms with van der Waals surface area (Å²) in [5.41, 5.74) is 1.73. The molecule has 3 aromatic heterocycles. The zero-order valence-corrected chi connectivity index (χ0v) is 14.1. The summed E-state index contributed by atoms with van der Waals surface area (Å²) in [7, 11) is 1.33. The fourth-order valence-corrected chi connectivity index (χ4v) is 3.24. The molecule has 0 aromatic carbocycles. The second kappa shape index (κ2) is 7.31. The molecule has 7 nitrogen and oxygen atoms in total. The predicted octanol–water partition coefficient (Wildman–Crippen LogP) is 3.03. The Kier molecular flexibility index (Phi) is 4.95. The Balaban J connectivity index is 1.81. The van der Waals surface area contributed by atoms with Crippen molar-refractivity contribution in [2.24, 2.45) is 0 Å². The van der Waals surface area contributed by atoms with Crippen molar-refractivity contribution < 1.29 is 13.9 Å². The van der Waals surface area contributed by atoms with Crippen LogP contribution in [0.15, 0.2) is 46.4 Å². The highest BCUT2D eigenvalue weighted by molar-refractivity contribution is 7.98. The first-order valence-electron chi connectivity index (χ1n) is 7.35. The number of methoxy groups -OCH3 is 1. The molecule has 0 aliphatic heterocycles. The van der Waals surface area contributed by atoms with Crippen LogP contribution >= 0.6 is 11.8 Å². The van der Waals surface area contributed by atoms with Gasteiger partial charge in [-0.15, -0.1) is 10.2 Å². The van der Waals surface area contributed by atoms with Crippen LogP contribution in [0.2, 0.25) is 0 Å². The molecule has 0 amide bonds. The zero-order valence-electron chi connectivity index (χ0n) is 13.3. The van der Waals surface area contributed by atoms with E-state index in [1.54, 1.807) is 18.5 Å². The molecular formula is C16H16N4O3S. The molecule has 0 atom stereocenters. The first-order chi connectivity index (χ1) is 11.7. The molecule has 0 unspecified atom stereocenters. The number of pyridine rings is 1. The van der Waals surface area contributed by atoms with Gasteiger partial charge < -0.3 is 13.7 Å². The van der Waals surface area contributed by atoms with Crippen LogP contribution in [0.1, 0.15) is 23.0 Å². The number of furan rings is 1. The van der Waals surface area contributed by atoms with E-state index in [-0.39, 0.29) is 5.76 Å². The Morgan fingerprint density at radius 2 is 2.08 bits per heavy atom. The monoisotopic (exact) mass is 344 g/mol. The summed E-state index contributed by atoms with van der Waals surface area (Å²) >= 11 is 1.49. The summed E-state index contributed by atoms with van der Waals surface area (Å²) in [6.07, 6.45) is 4.94. The van der Waals surface area contributed by atoms with Gasteiger partial charge in [0, 0.05) is 35.8 Å². The second-order valence-corrected chi connectivity index (χ2v) is 5.78. The molecule has 3 aromatic rings. The van der Waals surface area contributed by atoms with Crippen molar-refractivity contribution in [2.75, 3.05) is 7.11 Å². The van der Waals surface area contributed by atoms with Crippen LogP contribution in [0, 0.1) is 0 Å². The van der Waals surface area contributed by atoms with Crippen molar-refractivity contribution in [2.45, 2.75) is 24.4 Å². The van der Waals surface area contributed by atoms with E-state index in [4.69, 9.17) is 9.15 Å². The first kappa shape index (κ1) is 16.3. The minimum absolute atomic E-state index is 0.224. The van der Waals surface area contributed by atoms with Gasteiger partial charge in [-0.25, -0.2) is 4.79 Å². The number of carbonyl (C=O) groups excluding carboxylic acids is 1. The minimum atomic E-state index is -0.481. The van der Waals surface area contributed by atoms with Gasteiger partial charge in [0.25, 0.3) is 0 Å². The van der Waals surface area contributed by atoms with E-state index in [2.05, 4.69) is 15.2 Å². The normalized spacial score (nSPS) is 10.8. The van der Waals surface area contributed by atoms with Crippen LogP contribution in [0.5, 0.6) is 0 Å². The molecule has 24 heavy (non-hydrogen) atoms. The number of hydrogen-bond donors (Lipinski definition) is 0. The highest BCUT2D eigenvalue weighted by Gasteiger charge is 2.18. The lowest BCUT2D eigenvalue weighted by Gasteiger charge is -2.07. The highest BCUT2D eigenvalue weighted by Crippen LogP contribution is 2.27. The number of esters is 1. The Hall–Kier alpha value is -2.61. The van der Waals surface area contributed by atoms with Crippen molar-refractivity contribution in [1.29, 1.82) is 0 Å². The van der Waals surface area contributed by atoms with Gasteiger partial charge in [-0.1, -0.05) is 11.8 Å². The van der Waals surface area contributed by atoms with Gasteiger partial charge in [-0.3, -0.25) is 4.98 Å². The van der Waals surface area contributed by atoms with Crippen LogP contribution in [-0.2, 0) is 17.0 Å². The quantitative estimate of drug-likeness (QED) is 0.502. The third-order valence-electron chi connectivity index (χ3n) is 3.45. The topological polar surface area (TPSA) is 83.0 Å². The molecule has 0 saturated heterocycles. The Morgan fingerprint density at radius 3 is 2.79 bits per heavy atom. The van der Waals surface area contributed by atoms with Crippen molar-refractivity contribution in [3.8, 4) is 11.4 Å². The number of aromatic nitrogens is 4. The zero-order chi connectivity index (χ0) is 16.9. The van der Waals surface area contributed by atoms with Gasteiger partial charge in [0.2, 0.25) is 5.76 Å². The number of nitrogens with zero attached hydrogens (tertiary/aromatic N) is 4. The average molecular weight is 344 g/mol. The first-order valence-corrected chi connectivity index (χ1v) is 8.34. The standard InChI is InChI=1S/C16H16N4O3S/c1-3-20-14(11-4-7-17-8-5-11)18-19-16(20)24-10-12-6-9-23-13(12)15(21)22-2/h4-9H,3,10H2,1-2H3. The van der Waals surface area contributed by atoms with Gasteiger partial charge in [-0.05, 0) is 25.1 Å². The number of carbonyl (C=O) groups is 1. The van der Waals surface area contributed by atoms with Crippen LogP contribution in [0.25, 0.3) is 11.4 Å². The lowest BCUT2D eigenvalue weighted by atomic mass is 10.2. The van der Waals surface area contributed by atoms with Crippen molar-refractivity contribution >= 4 is 17.7 Å². The SMILES string of the molecule is CCn1c(SCc2ccoc2C(=O)OC)nnc1-c1ccncc1. The lowest BCUT2D eigenvalue weighted by molar-refractivity contribution is 0.0564. The summed E-state index contributed by atoms with van der Waals surface area (Å²) in [5.74, 6) is 1.07. The molecule has 0 N–H and O–H groups in total. The molecule has 0 aliphatic rings. The van der Waals surface area contributed by atoms with Crippen LogP contribution < -0.4 is 0 Å². The average Bonchev–Trinajstić information content (AvgIpc) is 3.26. The van der Waals surface area contributed by atoms with E-state index in [0.717, 1.165) is 28.7 Å². The maximum Gasteiger partial charge on any atom is 0.374 e. The van der Waals surface area contributed by atoms with Crippen molar-refractivity contribution in [3.63, 3.8) is 0 Å². The van der Waals surface area contributed by atoms with Gasteiger partial charge in [-0.2, -0.15) is 0 Å². The Bertz CT molecular complexity index is 829. The van der Waals surface area contributed by atoms with Gasteiger partial charge in [0.1, 0.15) is 0 Å². The lowest BCUT2D eigenvalue weighted by Crippen LogP contribution is -2.03. The summed E-state index contributed by atoms with van der Waals surface area (Å²) < 4.78 is 11.9. The van der Waals surface area contributed by atoms with Crippen LogP contribution in [-0.4, -0.2) is 32.8 Å². The number of hydrogen-bond acceptors (Lipinski definition) is 7. The molecule has 3 rings (SSSR count). The molecule has 0 bridgehead atoms. The molecule has 0 saturated carbocycles. The fourth-order valence-electron chi connectivity index (χ4n) is 2.26. The molecular weight excluding hydrogens is 328 g/mol. The third-order valence-corrected chi connectivity index (χ3v) is 4.46. The van der Waals surface area contributed by atoms with Gasteiger partial charge >= 0.3 is 5.97 Å². The van der Waals surface area contributed by atoms with E-state index >= 15 is 0 Å². The summed E-state index contributed by atoms with van der Waals surface area (Å²) in [5, 5.41) is 9.33. The van der Waals surface area contributed by atoms with E-state index in [0.29, 0.717) is 5.75 Å². The Labute approximate surface area is 143 Å². The van der Waals surface area contributed by atoms with Gasteiger partial charge in [0.15, 0.2) is 11.0 Å². The summed E-state index contributed by atoms with van der Waals surface area (Å²) in [6.45, 7) is 2.78. The molecule has 3 heterocycles. The van der Waals surface area contributed by atoms with E-state index < -0.39 is 5.97 Å². The highest BCUT2D eigenvalue weighted by atomic mass is 32.2. The predicted molar refractivity (Wildman–Crippen MR) is 88.5 cm³/mol. The van der Waals surface area contributed by atoms with E-state index in [1.165, 1.54) is 25.1 Å². The fraction of sp³-hybridized carbons (Fsp3) is 0.250. The number of thioether (sulfide) groups is 1. The largest absolute Gasteiger partial charge is 0.463 e. The van der Waals surface area contributed by atoms with Crippen molar-refractivity contribution in [3.05, 3.63) is 48.2 Å². The second-order valence-electron chi connectivity index (χ2n) is 4.84.